The number of aliphatic hydroxyl groups is 1. The molecule has 0 amide bonds. The van der Waals surface area contributed by atoms with E-state index in [4.69, 9.17) is 4.18 Å². The summed E-state index contributed by atoms with van der Waals surface area (Å²) in [5.41, 5.74) is 0.790. The van der Waals surface area contributed by atoms with Gasteiger partial charge in [0.25, 0.3) is 10.0 Å². The summed E-state index contributed by atoms with van der Waals surface area (Å²) in [5.74, 6) is 0. The van der Waals surface area contributed by atoms with Gasteiger partial charge in [0.2, 0.25) is 0 Å². The van der Waals surface area contributed by atoms with Crippen molar-refractivity contribution in [2.45, 2.75) is 35.7 Å². The molecule has 0 radical (unpaired) electrons. The highest BCUT2D eigenvalue weighted by atomic mass is 32.2. The lowest BCUT2D eigenvalue weighted by atomic mass is 10.3. The van der Waals surface area contributed by atoms with Gasteiger partial charge in [-0.3, -0.25) is 0 Å². The van der Waals surface area contributed by atoms with Crippen molar-refractivity contribution >= 4 is 33.8 Å². The molecule has 0 fully saturated rings. The van der Waals surface area contributed by atoms with E-state index in [-0.39, 0.29) is 18.0 Å². The maximum Gasteiger partial charge on any atom is 0.256 e. The molecular formula is C26H39N3O4S3. The fourth-order valence-electron chi connectivity index (χ4n) is 2.98. The topological polar surface area (TPSA) is 82.1 Å². The van der Waals surface area contributed by atoms with Crippen molar-refractivity contribution in [3.63, 3.8) is 0 Å². The van der Waals surface area contributed by atoms with Gasteiger partial charge in [0.05, 0.1) is 24.7 Å². The van der Waals surface area contributed by atoms with Gasteiger partial charge in [-0.05, 0) is 48.4 Å². The van der Waals surface area contributed by atoms with Crippen molar-refractivity contribution in [2.75, 3.05) is 40.0 Å². The summed E-state index contributed by atoms with van der Waals surface area (Å²) < 4.78 is 32.3. The molecule has 0 heterocycles. The highest BCUT2D eigenvalue weighted by molar-refractivity contribution is 8.01. The highest BCUT2D eigenvalue weighted by Crippen LogP contribution is 2.18. The molecule has 0 aromatic heterocycles. The van der Waals surface area contributed by atoms with Gasteiger partial charge in [-0.25, -0.2) is 13.4 Å². The Labute approximate surface area is 225 Å². The number of hydrazine groups is 1. The molecule has 200 valence electrons. The van der Waals surface area contributed by atoms with Crippen LogP contribution in [0.4, 0.5) is 0 Å². The van der Waals surface area contributed by atoms with E-state index in [1.165, 1.54) is 28.2 Å². The third kappa shape index (κ3) is 12.0. The Kier molecular flexibility index (Phi) is 16.5. The molecule has 0 aliphatic carbocycles. The number of unbranched alkanes of at least 4 members (excludes halogenated alkanes) is 1. The van der Waals surface area contributed by atoms with Crippen LogP contribution >= 0.6 is 23.8 Å². The summed E-state index contributed by atoms with van der Waals surface area (Å²) in [7, 11) is -0.348. The summed E-state index contributed by atoms with van der Waals surface area (Å²) in [6.45, 7) is 6.55. The summed E-state index contributed by atoms with van der Waals surface area (Å²) in [6, 6.07) is 18.3. The first-order chi connectivity index (χ1) is 17.3. The van der Waals surface area contributed by atoms with E-state index in [9.17, 15) is 13.5 Å². The van der Waals surface area contributed by atoms with Crippen LogP contribution in [0.25, 0.3) is 0 Å². The summed E-state index contributed by atoms with van der Waals surface area (Å²) in [4.78, 5) is 1.35. The van der Waals surface area contributed by atoms with Gasteiger partial charge in [0, 0.05) is 42.8 Å². The first kappa shape index (κ1) is 32.2. The molecule has 0 saturated carbocycles. The zero-order valence-electron chi connectivity index (χ0n) is 21.5. The van der Waals surface area contributed by atoms with Gasteiger partial charge in [0.1, 0.15) is 0 Å². The number of nitrogens with one attached hydrogen (secondary N) is 1. The fraction of sp³-hybridized carbons (Fsp3) is 0.385. The van der Waals surface area contributed by atoms with Gasteiger partial charge in [0.15, 0.2) is 0 Å². The molecule has 0 saturated heterocycles. The monoisotopic (exact) mass is 553 g/mol. The van der Waals surface area contributed by atoms with E-state index >= 15 is 0 Å². The molecule has 7 nitrogen and oxygen atoms in total. The second-order valence-electron chi connectivity index (χ2n) is 7.67. The maximum absolute atomic E-state index is 13.1. The molecular weight excluding hydrogens is 515 g/mol. The summed E-state index contributed by atoms with van der Waals surface area (Å²) in [5, 5.41) is 17.1. The molecule has 10 heteroatoms. The van der Waals surface area contributed by atoms with E-state index in [0.717, 1.165) is 23.4 Å². The Morgan fingerprint density at radius 1 is 1.17 bits per heavy atom. The number of thioether (sulfide) groups is 1. The Bertz CT molecular complexity index is 990. The summed E-state index contributed by atoms with van der Waals surface area (Å²) in [6.07, 6.45) is 4.53. The van der Waals surface area contributed by atoms with Gasteiger partial charge < -0.3 is 14.6 Å². The van der Waals surface area contributed by atoms with Crippen molar-refractivity contribution in [1.29, 1.82) is 0 Å². The van der Waals surface area contributed by atoms with Gasteiger partial charge in [-0.2, -0.15) is 0 Å². The molecule has 0 spiro atoms. The first-order valence-corrected chi connectivity index (χ1v) is 15.1. The van der Waals surface area contributed by atoms with Crippen LogP contribution in [0.2, 0.25) is 0 Å². The standard InChI is InChI=1S/C19H31N3O3S2.C7H8OS/c1-5-7-13-21(3)22(27(24,25)19-11-9-8-10-12-19)15-18(23)14-20-17(6-2)16-26-4;1-8-9-7-5-3-2-4-6-7/h6,8-12,16,18,20,23H,2,5,7,13-15H2,1,3-4H3;2-6H,1H3/b17-16+;. The average molecular weight is 554 g/mol. The molecule has 1 unspecified atom stereocenters. The summed E-state index contributed by atoms with van der Waals surface area (Å²) >= 11 is 2.90. The van der Waals surface area contributed by atoms with Gasteiger partial charge >= 0.3 is 0 Å². The molecule has 36 heavy (non-hydrogen) atoms. The van der Waals surface area contributed by atoms with Crippen LogP contribution < -0.4 is 5.32 Å². The van der Waals surface area contributed by atoms with E-state index in [2.05, 4.69) is 18.8 Å². The quantitative estimate of drug-likeness (QED) is 0.181. The first-order valence-electron chi connectivity index (χ1n) is 11.6. The molecule has 2 N–H and O–H groups in total. The van der Waals surface area contributed by atoms with Crippen LogP contribution in [-0.2, 0) is 14.2 Å². The lowest BCUT2D eigenvalue weighted by molar-refractivity contribution is 0.0392. The third-order valence-corrected chi connectivity index (χ3v) is 7.80. The van der Waals surface area contributed by atoms with Crippen LogP contribution in [0.15, 0.2) is 94.2 Å². The molecule has 0 aliphatic heterocycles. The highest BCUT2D eigenvalue weighted by Gasteiger charge is 2.29. The predicted octanol–water partition coefficient (Wildman–Crippen LogP) is 5.01. The van der Waals surface area contributed by atoms with Crippen molar-refractivity contribution in [3.05, 3.63) is 84.4 Å². The van der Waals surface area contributed by atoms with Gasteiger partial charge in [-0.15, -0.1) is 16.2 Å². The number of allylic oxidation sites excluding steroid dienone is 1. The number of hydrogen-bond acceptors (Lipinski definition) is 8. The Morgan fingerprint density at radius 3 is 2.31 bits per heavy atom. The largest absolute Gasteiger partial charge is 0.390 e. The average Bonchev–Trinajstić information content (AvgIpc) is 2.90. The van der Waals surface area contributed by atoms with E-state index in [1.807, 2.05) is 42.0 Å². The second kappa shape index (κ2) is 18.5. The van der Waals surface area contributed by atoms with Crippen molar-refractivity contribution in [2.24, 2.45) is 0 Å². The molecule has 1 atom stereocenters. The van der Waals surface area contributed by atoms with Crippen LogP contribution in [0.1, 0.15) is 19.8 Å². The van der Waals surface area contributed by atoms with Crippen molar-refractivity contribution in [3.8, 4) is 0 Å². The smallest absolute Gasteiger partial charge is 0.256 e. The molecule has 2 aromatic carbocycles. The minimum Gasteiger partial charge on any atom is -0.390 e. The zero-order valence-corrected chi connectivity index (χ0v) is 24.0. The Morgan fingerprint density at radius 2 is 1.78 bits per heavy atom. The lowest BCUT2D eigenvalue weighted by Crippen LogP contribution is -2.49. The lowest BCUT2D eigenvalue weighted by Gasteiger charge is -2.32. The van der Waals surface area contributed by atoms with Gasteiger partial charge in [-0.1, -0.05) is 56.3 Å². The third-order valence-electron chi connectivity index (χ3n) is 4.83. The number of hydrogen-bond donors (Lipinski definition) is 2. The van der Waals surface area contributed by atoms with Crippen molar-refractivity contribution in [1.82, 2.24) is 14.7 Å². The molecule has 2 rings (SSSR count). The number of rotatable bonds is 15. The minimum atomic E-state index is -3.75. The van der Waals surface area contributed by atoms with E-state index < -0.39 is 16.1 Å². The maximum atomic E-state index is 13.1. The van der Waals surface area contributed by atoms with Crippen molar-refractivity contribution < 1.29 is 17.7 Å². The van der Waals surface area contributed by atoms with E-state index in [0.29, 0.717) is 6.54 Å². The SMILES string of the molecule is C=C/C(=C\SC)NCC(O)CN(N(C)CCCC)S(=O)(=O)c1ccccc1.COSc1ccccc1. The Balaban J connectivity index is 0.000000600. The van der Waals surface area contributed by atoms with Crippen LogP contribution in [0.5, 0.6) is 0 Å². The second-order valence-corrected chi connectivity index (χ2v) is 11.2. The molecule has 0 bridgehead atoms. The molecule has 2 aromatic rings. The number of aliphatic hydroxyl groups excluding tert-OH is 1. The number of nitrogens with zero attached hydrogens (tertiary/aromatic N) is 2. The van der Waals surface area contributed by atoms with Crippen LogP contribution in [0, 0.1) is 0 Å². The Hall–Kier alpha value is -1.79. The van der Waals surface area contributed by atoms with E-state index in [1.54, 1.807) is 55.6 Å². The predicted molar refractivity (Wildman–Crippen MR) is 153 cm³/mol. The van der Waals surface area contributed by atoms with Crippen LogP contribution in [0.3, 0.4) is 0 Å². The fourth-order valence-corrected chi connectivity index (χ4v) is 5.43. The zero-order chi connectivity index (χ0) is 26.8. The molecule has 0 aliphatic rings. The van der Waals surface area contributed by atoms with Crippen LogP contribution in [-0.4, -0.2) is 69.1 Å². The normalized spacial score (nSPS) is 12.7. The number of sulfonamides is 1. The number of benzene rings is 2. The minimum absolute atomic E-state index is 0.0336.